The van der Waals surface area contributed by atoms with Gasteiger partial charge in [-0.05, 0) is 23.6 Å². The summed E-state index contributed by atoms with van der Waals surface area (Å²) in [5.41, 5.74) is 2.07. The Bertz CT molecular complexity index is 769. The van der Waals surface area contributed by atoms with E-state index in [2.05, 4.69) is 5.32 Å². The molecule has 3 aromatic carbocycles. The third-order valence-corrected chi connectivity index (χ3v) is 4.80. The standard InChI is InChI=1S/C24H25NO3/c1-2-28-18-22(23(26)27)25-24(19-12-6-3-7-13-19,20-14-8-4-9-15-20)21-16-10-5-11-17-21/h3-17,22,25H,2,18H2,1H3,(H,26,27). The van der Waals surface area contributed by atoms with Crippen molar-refractivity contribution in [2.45, 2.75) is 18.5 Å². The molecule has 0 spiro atoms. The Labute approximate surface area is 165 Å². The SMILES string of the molecule is CCOCC(NC(c1ccccc1)(c1ccccc1)c1ccccc1)C(=O)O. The average Bonchev–Trinajstić information content (AvgIpc) is 2.76. The minimum Gasteiger partial charge on any atom is -0.480 e. The van der Waals surface area contributed by atoms with Gasteiger partial charge in [-0.1, -0.05) is 91.0 Å². The molecule has 0 radical (unpaired) electrons. The minimum absolute atomic E-state index is 0.0834. The number of carboxylic acids is 1. The van der Waals surface area contributed by atoms with E-state index in [1.165, 1.54) is 0 Å². The van der Waals surface area contributed by atoms with Crippen molar-refractivity contribution in [1.29, 1.82) is 0 Å². The van der Waals surface area contributed by atoms with Crippen LogP contribution in [0.2, 0.25) is 0 Å². The number of aliphatic carboxylic acids is 1. The van der Waals surface area contributed by atoms with E-state index in [0.717, 1.165) is 16.7 Å². The number of ether oxygens (including phenoxy) is 1. The van der Waals surface area contributed by atoms with Crippen molar-refractivity contribution in [3.05, 3.63) is 108 Å². The molecular formula is C24H25NO3. The van der Waals surface area contributed by atoms with Gasteiger partial charge in [0.25, 0.3) is 0 Å². The van der Waals surface area contributed by atoms with Crippen LogP contribution in [-0.2, 0) is 15.1 Å². The van der Waals surface area contributed by atoms with E-state index < -0.39 is 17.6 Å². The summed E-state index contributed by atoms with van der Waals surface area (Å²) in [6, 6.07) is 28.9. The van der Waals surface area contributed by atoms with E-state index in [9.17, 15) is 9.90 Å². The van der Waals surface area contributed by atoms with Crippen molar-refractivity contribution in [3.8, 4) is 0 Å². The number of rotatable bonds is 9. The molecule has 0 saturated carbocycles. The molecule has 1 unspecified atom stereocenters. The lowest BCUT2D eigenvalue weighted by atomic mass is 9.76. The molecule has 3 rings (SSSR count). The molecule has 0 fully saturated rings. The van der Waals surface area contributed by atoms with E-state index in [0.29, 0.717) is 6.61 Å². The number of carbonyl (C=O) groups is 1. The quantitative estimate of drug-likeness (QED) is 0.554. The molecule has 1 atom stereocenters. The second-order valence-corrected chi connectivity index (χ2v) is 6.54. The van der Waals surface area contributed by atoms with E-state index in [4.69, 9.17) is 4.74 Å². The van der Waals surface area contributed by atoms with E-state index in [-0.39, 0.29) is 6.61 Å². The van der Waals surface area contributed by atoms with Crippen molar-refractivity contribution in [1.82, 2.24) is 5.32 Å². The first-order chi connectivity index (χ1) is 13.7. The highest BCUT2D eigenvalue weighted by molar-refractivity contribution is 5.74. The molecule has 3 aromatic rings. The van der Waals surface area contributed by atoms with Crippen LogP contribution in [0.3, 0.4) is 0 Å². The van der Waals surface area contributed by atoms with Gasteiger partial charge in [0, 0.05) is 6.61 Å². The topological polar surface area (TPSA) is 58.6 Å². The number of carboxylic acid groups (broad SMARTS) is 1. The highest BCUT2D eigenvalue weighted by Gasteiger charge is 2.39. The molecule has 28 heavy (non-hydrogen) atoms. The third kappa shape index (κ3) is 4.14. The largest absolute Gasteiger partial charge is 0.480 e. The Hall–Kier alpha value is -2.95. The summed E-state index contributed by atoms with van der Waals surface area (Å²) in [5, 5.41) is 13.3. The molecule has 0 aromatic heterocycles. The maximum atomic E-state index is 12.0. The molecule has 2 N–H and O–H groups in total. The first-order valence-electron chi connectivity index (χ1n) is 9.43. The van der Waals surface area contributed by atoms with Gasteiger partial charge in [-0.3, -0.25) is 10.1 Å². The zero-order valence-corrected chi connectivity index (χ0v) is 15.9. The summed E-state index contributed by atoms with van der Waals surface area (Å²) in [4.78, 5) is 12.0. The van der Waals surface area contributed by atoms with Gasteiger partial charge in [0.15, 0.2) is 0 Å². The summed E-state index contributed by atoms with van der Waals surface area (Å²) >= 11 is 0. The van der Waals surface area contributed by atoms with Gasteiger partial charge in [-0.15, -0.1) is 0 Å². The Morgan fingerprint density at radius 1 is 0.857 bits per heavy atom. The lowest BCUT2D eigenvalue weighted by Gasteiger charge is -2.39. The molecule has 0 heterocycles. The predicted octanol–water partition coefficient (Wildman–Crippen LogP) is 4.06. The lowest BCUT2D eigenvalue weighted by molar-refractivity contribution is -0.141. The summed E-state index contributed by atoms with van der Waals surface area (Å²) < 4.78 is 5.47. The van der Waals surface area contributed by atoms with Crippen LogP contribution >= 0.6 is 0 Å². The van der Waals surface area contributed by atoms with Crippen LogP contribution in [0.4, 0.5) is 0 Å². The van der Waals surface area contributed by atoms with Gasteiger partial charge in [-0.25, -0.2) is 0 Å². The van der Waals surface area contributed by atoms with Crippen LogP contribution in [0, 0.1) is 0 Å². The van der Waals surface area contributed by atoms with Gasteiger partial charge in [0.05, 0.1) is 12.1 Å². The summed E-state index contributed by atoms with van der Waals surface area (Å²) in [5.74, 6) is -0.944. The predicted molar refractivity (Wildman–Crippen MR) is 110 cm³/mol. The minimum atomic E-state index is -0.944. The Kier molecular flexibility index (Phi) is 6.58. The van der Waals surface area contributed by atoms with Crippen LogP contribution in [-0.4, -0.2) is 30.3 Å². The zero-order chi connectivity index (χ0) is 19.8. The van der Waals surface area contributed by atoms with Crippen LogP contribution in [0.5, 0.6) is 0 Å². The molecule has 0 aliphatic heterocycles. The van der Waals surface area contributed by atoms with Gasteiger partial charge >= 0.3 is 5.97 Å². The Morgan fingerprint density at radius 2 is 1.25 bits per heavy atom. The first-order valence-corrected chi connectivity index (χ1v) is 9.43. The maximum absolute atomic E-state index is 12.0. The van der Waals surface area contributed by atoms with Crippen molar-refractivity contribution < 1.29 is 14.6 Å². The molecular weight excluding hydrogens is 350 g/mol. The number of hydrogen-bond donors (Lipinski definition) is 2. The molecule has 4 heteroatoms. The van der Waals surface area contributed by atoms with Crippen molar-refractivity contribution in [3.63, 3.8) is 0 Å². The van der Waals surface area contributed by atoms with Crippen molar-refractivity contribution in [2.24, 2.45) is 0 Å². The molecule has 0 aliphatic rings. The summed E-state index contributed by atoms with van der Waals surface area (Å²) in [7, 11) is 0. The van der Waals surface area contributed by atoms with Crippen LogP contribution < -0.4 is 5.32 Å². The van der Waals surface area contributed by atoms with Crippen LogP contribution in [0.1, 0.15) is 23.6 Å². The van der Waals surface area contributed by atoms with E-state index in [1.807, 2.05) is 97.9 Å². The lowest BCUT2D eigenvalue weighted by Crippen LogP contribution is -2.54. The van der Waals surface area contributed by atoms with Gasteiger partial charge < -0.3 is 9.84 Å². The average molecular weight is 375 g/mol. The fourth-order valence-corrected chi connectivity index (χ4v) is 3.49. The Morgan fingerprint density at radius 3 is 1.57 bits per heavy atom. The third-order valence-electron chi connectivity index (χ3n) is 4.80. The Balaban J connectivity index is 2.23. The second kappa shape index (κ2) is 9.31. The summed E-state index contributed by atoms with van der Waals surface area (Å²) in [6.45, 7) is 2.40. The van der Waals surface area contributed by atoms with E-state index >= 15 is 0 Å². The first kappa shape index (κ1) is 19.8. The highest BCUT2D eigenvalue weighted by atomic mass is 16.5. The highest BCUT2D eigenvalue weighted by Crippen LogP contribution is 2.37. The maximum Gasteiger partial charge on any atom is 0.323 e. The second-order valence-electron chi connectivity index (χ2n) is 6.54. The van der Waals surface area contributed by atoms with Crippen molar-refractivity contribution in [2.75, 3.05) is 13.2 Å². The number of hydrogen-bond acceptors (Lipinski definition) is 3. The van der Waals surface area contributed by atoms with Crippen molar-refractivity contribution >= 4 is 5.97 Å². The van der Waals surface area contributed by atoms with Gasteiger partial charge in [0.1, 0.15) is 6.04 Å². The zero-order valence-electron chi connectivity index (χ0n) is 15.9. The number of benzene rings is 3. The fourth-order valence-electron chi connectivity index (χ4n) is 3.49. The molecule has 0 amide bonds. The fraction of sp³-hybridized carbons (Fsp3) is 0.208. The van der Waals surface area contributed by atoms with Gasteiger partial charge in [0.2, 0.25) is 0 Å². The van der Waals surface area contributed by atoms with Crippen LogP contribution in [0.25, 0.3) is 0 Å². The monoisotopic (exact) mass is 375 g/mol. The molecule has 0 saturated heterocycles. The molecule has 4 nitrogen and oxygen atoms in total. The number of nitrogens with one attached hydrogen (secondary N) is 1. The normalized spacial score (nSPS) is 12.5. The van der Waals surface area contributed by atoms with E-state index in [1.54, 1.807) is 0 Å². The van der Waals surface area contributed by atoms with Gasteiger partial charge in [-0.2, -0.15) is 0 Å². The molecule has 144 valence electrons. The molecule has 0 aliphatic carbocycles. The van der Waals surface area contributed by atoms with Crippen LogP contribution in [0.15, 0.2) is 91.0 Å². The smallest absolute Gasteiger partial charge is 0.323 e. The molecule has 0 bridgehead atoms. The summed E-state index contributed by atoms with van der Waals surface area (Å²) in [6.07, 6.45) is 0.